The molecular weight excluding hydrogens is 338 g/mol. The van der Waals surface area contributed by atoms with Gasteiger partial charge in [0.25, 0.3) is 0 Å². The molecule has 0 heterocycles. The molecular formula is C19H24BrNO. The Balaban J connectivity index is 1.71. The Morgan fingerprint density at radius 2 is 1.86 bits per heavy atom. The van der Waals surface area contributed by atoms with E-state index < -0.39 is 0 Å². The summed E-state index contributed by atoms with van der Waals surface area (Å²) in [6.45, 7) is 3.25. The van der Waals surface area contributed by atoms with Gasteiger partial charge in [-0.25, -0.2) is 0 Å². The monoisotopic (exact) mass is 361 g/mol. The molecule has 2 unspecified atom stereocenters. The average molecular weight is 362 g/mol. The number of Topliss-reactive ketones (excluding diaryl/α,β-unsaturated/α-hetero) is 1. The first kappa shape index (κ1) is 15.8. The third-order valence-electron chi connectivity index (χ3n) is 4.98. The van der Waals surface area contributed by atoms with E-state index in [1.807, 2.05) is 0 Å². The van der Waals surface area contributed by atoms with Crippen LogP contribution >= 0.6 is 15.9 Å². The number of rotatable bonds is 6. The van der Waals surface area contributed by atoms with Gasteiger partial charge in [0.15, 0.2) is 5.78 Å². The maximum atomic E-state index is 12.3. The van der Waals surface area contributed by atoms with Gasteiger partial charge in [0.05, 0.1) is 4.48 Å². The summed E-state index contributed by atoms with van der Waals surface area (Å²) in [4.78, 5) is 12.3. The quantitative estimate of drug-likeness (QED) is 0.687. The zero-order valence-corrected chi connectivity index (χ0v) is 14.8. The number of ketones is 1. The lowest BCUT2D eigenvalue weighted by molar-refractivity contribution is -0.118. The number of benzene rings is 1. The fourth-order valence-electron chi connectivity index (χ4n) is 3.79. The summed E-state index contributed by atoms with van der Waals surface area (Å²) in [7, 11) is 0. The molecule has 1 N–H and O–H groups in total. The minimum Gasteiger partial charge on any atom is -0.385 e. The highest BCUT2D eigenvalue weighted by atomic mass is 79.9. The molecule has 3 heteroatoms. The first-order chi connectivity index (χ1) is 10.7. The largest absolute Gasteiger partial charge is 0.385 e. The summed E-state index contributed by atoms with van der Waals surface area (Å²) in [5, 5.41) is 3.47. The lowest BCUT2D eigenvalue weighted by atomic mass is 9.90. The fraction of sp³-hybridized carbons (Fsp3) is 0.526. The van der Waals surface area contributed by atoms with Crippen LogP contribution in [0, 0.1) is 11.8 Å². The summed E-state index contributed by atoms with van der Waals surface area (Å²) in [5.41, 5.74) is 3.61. The van der Waals surface area contributed by atoms with Gasteiger partial charge in [-0.1, -0.05) is 38.3 Å². The van der Waals surface area contributed by atoms with Gasteiger partial charge < -0.3 is 5.32 Å². The van der Waals surface area contributed by atoms with Gasteiger partial charge >= 0.3 is 0 Å². The highest BCUT2D eigenvalue weighted by molar-refractivity contribution is 9.12. The molecule has 0 bridgehead atoms. The van der Waals surface area contributed by atoms with Gasteiger partial charge in [0.2, 0.25) is 0 Å². The van der Waals surface area contributed by atoms with E-state index in [2.05, 4.69) is 52.4 Å². The number of hydrogen-bond acceptors (Lipinski definition) is 2. The average Bonchev–Trinajstić information content (AvgIpc) is 3.09. The van der Waals surface area contributed by atoms with Crippen molar-refractivity contribution in [2.24, 2.45) is 11.8 Å². The Hall–Kier alpha value is -1.09. The summed E-state index contributed by atoms with van der Waals surface area (Å²) >= 11 is 3.55. The van der Waals surface area contributed by atoms with Crippen molar-refractivity contribution in [3.05, 3.63) is 34.3 Å². The van der Waals surface area contributed by atoms with Crippen molar-refractivity contribution in [2.75, 3.05) is 11.9 Å². The summed E-state index contributed by atoms with van der Waals surface area (Å²) in [5.74, 6) is 0.987. The molecule has 22 heavy (non-hydrogen) atoms. The number of carbonyl (C=O) groups is 1. The highest BCUT2D eigenvalue weighted by Crippen LogP contribution is 2.51. The second-order valence-electron chi connectivity index (χ2n) is 6.45. The third-order valence-corrected chi connectivity index (χ3v) is 5.80. The number of halogens is 1. The van der Waals surface area contributed by atoms with Crippen molar-refractivity contribution in [3.8, 4) is 0 Å². The smallest absolute Gasteiger partial charge is 0.173 e. The van der Waals surface area contributed by atoms with E-state index in [9.17, 15) is 4.79 Å². The van der Waals surface area contributed by atoms with Crippen LogP contribution in [0.25, 0.3) is 5.57 Å². The molecule has 2 atom stereocenters. The summed E-state index contributed by atoms with van der Waals surface area (Å²) in [6.07, 6.45) is 7.13. The van der Waals surface area contributed by atoms with Crippen molar-refractivity contribution in [1.82, 2.24) is 0 Å². The van der Waals surface area contributed by atoms with Crippen molar-refractivity contribution < 1.29 is 4.79 Å². The van der Waals surface area contributed by atoms with Crippen LogP contribution < -0.4 is 5.32 Å². The van der Waals surface area contributed by atoms with Crippen molar-refractivity contribution in [2.45, 2.75) is 45.4 Å². The summed E-state index contributed by atoms with van der Waals surface area (Å²) < 4.78 is 0.825. The maximum absolute atomic E-state index is 12.3. The van der Waals surface area contributed by atoms with E-state index in [1.165, 1.54) is 42.5 Å². The van der Waals surface area contributed by atoms with Gasteiger partial charge in [-0.05, 0) is 64.4 Å². The van der Waals surface area contributed by atoms with E-state index in [0.717, 1.165) is 23.9 Å². The van der Waals surface area contributed by atoms with Crippen LogP contribution in [0.3, 0.4) is 0 Å². The molecule has 0 spiro atoms. The molecule has 2 nitrogen and oxygen atoms in total. The maximum Gasteiger partial charge on any atom is 0.173 e. The predicted molar refractivity (Wildman–Crippen MR) is 96.1 cm³/mol. The molecule has 1 fully saturated rings. The van der Waals surface area contributed by atoms with E-state index >= 15 is 0 Å². The Bertz CT molecular complexity index is 576. The van der Waals surface area contributed by atoms with Crippen molar-refractivity contribution >= 4 is 33.0 Å². The Morgan fingerprint density at radius 1 is 1.14 bits per heavy atom. The van der Waals surface area contributed by atoms with Crippen LogP contribution in [0.5, 0.6) is 0 Å². The molecule has 0 aliphatic heterocycles. The molecule has 0 saturated heterocycles. The Kier molecular flexibility index (Phi) is 5.02. The highest BCUT2D eigenvalue weighted by Gasteiger charge is 2.43. The van der Waals surface area contributed by atoms with E-state index in [0.29, 0.717) is 11.7 Å². The third kappa shape index (κ3) is 3.01. The van der Waals surface area contributed by atoms with Gasteiger partial charge in [0.1, 0.15) is 0 Å². The van der Waals surface area contributed by atoms with Gasteiger partial charge in [0, 0.05) is 18.2 Å². The lowest BCUT2D eigenvalue weighted by Gasteiger charge is -2.14. The van der Waals surface area contributed by atoms with Gasteiger partial charge in [-0.2, -0.15) is 0 Å². The molecule has 1 saturated carbocycles. The fourth-order valence-corrected chi connectivity index (χ4v) is 4.61. The molecule has 0 radical (unpaired) electrons. The first-order valence-electron chi connectivity index (χ1n) is 8.50. The Morgan fingerprint density at radius 3 is 2.59 bits per heavy atom. The SMILES string of the molecule is CCCCCNc1ccc(C2=C(Br)C(=O)C3CCCC23)cc1. The number of allylic oxidation sites excluding steroid dienone is 2. The van der Waals surface area contributed by atoms with Crippen LogP contribution in [0.2, 0.25) is 0 Å². The minimum absolute atomic E-state index is 0.233. The molecule has 0 amide bonds. The summed E-state index contributed by atoms with van der Waals surface area (Å²) in [6, 6.07) is 8.60. The molecule has 3 rings (SSSR count). The normalized spacial score (nSPS) is 24.0. The molecule has 2 aliphatic carbocycles. The first-order valence-corrected chi connectivity index (χ1v) is 9.30. The zero-order valence-electron chi connectivity index (χ0n) is 13.2. The van der Waals surface area contributed by atoms with E-state index in [-0.39, 0.29) is 5.92 Å². The minimum atomic E-state index is 0.233. The molecule has 1 aromatic rings. The van der Waals surface area contributed by atoms with Crippen LogP contribution in [0.15, 0.2) is 28.7 Å². The van der Waals surface area contributed by atoms with E-state index in [1.54, 1.807) is 0 Å². The number of anilines is 1. The molecule has 1 aromatic carbocycles. The van der Waals surface area contributed by atoms with Crippen LogP contribution in [0.1, 0.15) is 51.0 Å². The predicted octanol–water partition coefficient (Wildman–Crippen LogP) is 5.39. The second-order valence-corrected chi connectivity index (χ2v) is 7.24. The van der Waals surface area contributed by atoms with E-state index in [4.69, 9.17) is 0 Å². The lowest BCUT2D eigenvalue weighted by Crippen LogP contribution is -2.10. The number of carbonyl (C=O) groups excluding carboxylic acids is 1. The second kappa shape index (κ2) is 6.99. The van der Waals surface area contributed by atoms with Crippen LogP contribution in [-0.2, 0) is 4.79 Å². The topological polar surface area (TPSA) is 29.1 Å². The van der Waals surface area contributed by atoms with Crippen LogP contribution in [-0.4, -0.2) is 12.3 Å². The Labute approximate surface area is 141 Å². The number of fused-ring (bicyclic) bond motifs is 1. The number of unbranched alkanes of at least 4 members (excludes halogenated alkanes) is 2. The molecule has 2 aliphatic rings. The van der Waals surface area contributed by atoms with Crippen molar-refractivity contribution in [3.63, 3.8) is 0 Å². The number of nitrogens with one attached hydrogen (secondary N) is 1. The standard InChI is InChI=1S/C19H24BrNO/c1-2-3-4-12-21-14-10-8-13(9-11-14)17-15-6-5-7-16(15)19(22)18(17)20/h8-11,15-16,21H,2-7,12H2,1H3. The zero-order chi connectivity index (χ0) is 15.5. The van der Waals surface area contributed by atoms with Crippen LogP contribution in [0.4, 0.5) is 5.69 Å². The van der Waals surface area contributed by atoms with Crippen molar-refractivity contribution in [1.29, 1.82) is 0 Å². The van der Waals surface area contributed by atoms with Gasteiger partial charge in [-0.15, -0.1) is 0 Å². The molecule has 118 valence electrons. The molecule has 0 aromatic heterocycles. The van der Waals surface area contributed by atoms with Gasteiger partial charge in [-0.3, -0.25) is 4.79 Å². The number of hydrogen-bond donors (Lipinski definition) is 1.